The Morgan fingerprint density at radius 2 is 1.83 bits per heavy atom. The van der Waals surface area contributed by atoms with Crippen molar-refractivity contribution in [3.05, 3.63) is 57.8 Å². The molecule has 0 bridgehead atoms. The van der Waals surface area contributed by atoms with Crippen molar-refractivity contribution in [3.8, 4) is 11.1 Å². The first-order chi connectivity index (χ1) is 8.49. The molecule has 4 heteroatoms. The number of rotatable bonds is 2. The number of nitrogens with two attached hydrogens (primary N) is 1. The van der Waals surface area contributed by atoms with E-state index >= 15 is 0 Å². The summed E-state index contributed by atoms with van der Waals surface area (Å²) in [6.45, 7) is 1.85. The molecular formula is C14H12Cl2FN. The Bertz CT molecular complexity index is 582. The van der Waals surface area contributed by atoms with Crippen LogP contribution in [0.3, 0.4) is 0 Å². The molecule has 0 aliphatic carbocycles. The van der Waals surface area contributed by atoms with Crippen molar-refractivity contribution < 1.29 is 4.39 Å². The Kier molecular flexibility index (Phi) is 3.91. The number of halogens is 3. The summed E-state index contributed by atoms with van der Waals surface area (Å²) < 4.78 is 13.8. The molecule has 0 spiro atoms. The van der Waals surface area contributed by atoms with E-state index in [0.29, 0.717) is 21.2 Å². The lowest BCUT2D eigenvalue weighted by Gasteiger charge is -2.10. The smallest absolute Gasteiger partial charge is 0.132 e. The molecule has 0 aliphatic rings. The second-order valence-corrected chi connectivity index (χ2v) is 4.99. The lowest BCUT2D eigenvalue weighted by atomic mass is 10.0. The highest BCUT2D eigenvalue weighted by Crippen LogP contribution is 2.30. The van der Waals surface area contributed by atoms with E-state index in [0.717, 1.165) is 5.56 Å². The second-order valence-electron chi connectivity index (χ2n) is 4.15. The van der Waals surface area contributed by atoms with Crippen LogP contribution >= 0.6 is 23.2 Å². The molecule has 0 saturated heterocycles. The molecule has 1 nitrogen and oxygen atoms in total. The highest BCUT2D eigenvalue weighted by molar-refractivity contribution is 6.31. The molecule has 0 heterocycles. The van der Waals surface area contributed by atoms with E-state index in [4.69, 9.17) is 28.9 Å². The molecule has 0 radical (unpaired) electrons. The van der Waals surface area contributed by atoms with Crippen molar-refractivity contribution in [1.29, 1.82) is 0 Å². The van der Waals surface area contributed by atoms with Gasteiger partial charge in [-0.15, -0.1) is 0 Å². The first-order valence-electron chi connectivity index (χ1n) is 5.49. The molecule has 2 rings (SSSR count). The summed E-state index contributed by atoms with van der Waals surface area (Å²) >= 11 is 11.8. The van der Waals surface area contributed by atoms with Gasteiger partial charge in [0.2, 0.25) is 0 Å². The maximum atomic E-state index is 13.8. The average Bonchev–Trinajstić information content (AvgIpc) is 2.28. The van der Waals surface area contributed by atoms with Gasteiger partial charge in [-0.2, -0.15) is 0 Å². The van der Waals surface area contributed by atoms with Gasteiger partial charge in [0.15, 0.2) is 0 Å². The topological polar surface area (TPSA) is 26.0 Å². The summed E-state index contributed by atoms with van der Waals surface area (Å²) in [7, 11) is 0. The zero-order chi connectivity index (χ0) is 13.3. The van der Waals surface area contributed by atoms with Gasteiger partial charge in [-0.05, 0) is 42.3 Å². The van der Waals surface area contributed by atoms with Crippen LogP contribution in [0.15, 0.2) is 36.4 Å². The van der Waals surface area contributed by atoms with E-state index in [1.807, 2.05) is 13.0 Å². The lowest BCUT2D eigenvalue weighted by molar-refractivity contribution is 0.631. The molecule has 2 N–H and O–H groups in total. The minimum atomic E-state index is -0.368. The van der Waals surface area contributed by atoms with E-state index < -0.39 is 0 Å². The molecule has 0 amide bonds. The maximum Gasteiger partial charge on any atom is 0.132 e. The van der Waals surface area contributed by atoms with Gasteiger partial charge in [0.25, 0.3) is 0 Å². The van der Waals surface area contributed by atoms with Gasteiger partial charge < -0.3 is 5.73 Å². The van der Waals surface area contributed by atoms with Gasteiger partial charge >= 0.3 is 0 Å². The van der Waals surface area contributed by atoms with Gasteiger partial charge in [-0.3, -0.25) is 0 Å². The summed E-state index contributed by atoms with van der Waals surface area (Å²) in [5, 5.41) is 0.909. The zero-order valence-electron chi connectivity index (χ0n) is 9.75. The molecule has 0 saturated carbocycles. The van der Waals surface area contributed by atoms with Crippen LogP contribution in [-0.4, -0.2) is 0 Å². The predicted octanol–water partition coefficient (Wildman–Crippen LogP) is 4.82. The molecule has 1 atom stereocenters. The largest absolute Gasteiger partial charge is 0.324 e. The highest BCUT2D eigenvalue weighted by atomic mass is 35.5. The Labute approximate surface area is 115 Å². The number of benzene rings is 2. The summed E-state index contributed by atoms with van der Waals surface area (Å²) in [6.07, 6.45) is 0. The monoisotopic (exact) mass is 283 g/mol. The van der Waals surface area contributed by atoms with Crippen molar-refractivity contribution in [2.24, 2.45) is 5.73 Å². The standard InChI is InChI=1S/C14H12Cl2FN/c1-8(18)11-4-2-9(6-13(11)16)12-5-3-10(15)7-14(12)17/h2-8H,18H2,1H3. The van der Waals surface area contributed by atoms with Crippen LogP contribution in [0, 0.1) is 5.82 Å². The molecule has 2 aromatic carbocycles. The van der Waals surface area contributed by atoms with E-state index in [1.54, 1.807) is 24.3 Å². The second kappa shape index (κ2) is 5.27. The van der Waals surface area contributed by atoms with Gasteiger partial charge in [-0.1, -0.05) is 35.3 Å². The van der Waals surface area contributed by atoms with Crippen LogP contribution in [0.4, 0.5) is 4.39 Å². The number of hydrogen-bond acceptors (Lipinski definition) is 1. The fourth-order valence-electron chi connectivity index (χ4n) is 1.79. The Morgan fingerprint density at radius 1 is 1.11 bits per heavy atom. The van der Waals surface area contributed by atoms with Gasteiger partial charge in [0.05, 0.1) is 0 Å². The van der Waals surface area contributed by atoms with Crippen molar-refractivity contribution in [3.63, 3.8) is 0 Å². The maximum absolute atomic E-state index is 13.8. The van der Waals surface area contributed by atoms with Gasteiger partial charge in [-0.25, -0.2) is 4.39 Å². The molecular weight excluding hydrogens is 272 g/mol. The van der Waals surface area contributed by atoms with Crippen molar-refractivity contribution in [2.75, 3.05) is 0 Å². The third-order valence-corrected chi connectivity index (χ3v) is 3.30. The molecule has 2 aromatic rings. The Morgan fingerprint density at radius 3 is 2.39 bits per heavy atom. The fourth-order valence-corrected chi connectivity index (χ4v) is 2.30. The van der Waals surface area contributed by atoms with Crippen molar-refractivity contribution in [2.45, 2.75) is 13.0 Å². The minimum absolute atomic E-state index is 0.151. The molecule has 0 fully saturated rings. The molecule has 0 aromatic heterocycles. The van der Waals surface area contributed by atoms with Crippen LogP contribution in [-0.2, 0) is 0 Å². The van der Waals surface area contributed by atoms with E-state index in [1.165, 1.54) is 6.07 Å². The predicted molar refractivity (Wildman–Crippen MR) is 74.5 cm³/mol. The van der Waals surface area contributed by atoms with Crippen molar-refractivity contribution in [1.82, 2.24) is 0 Å². The Balaban J connectivity index is 2.49. The Hall–Kier alpha value is -1.09. The SMILES string of the molecule is CC(N)c1ccc(-c2ccc(Cl)cc2F)cc1Cl. The summed E-state index contributed by atoms with van der Waals surface area (Å²) in [4.78, 5) is 0. The lowest BCUT2D eigenvalue weighted by Crippen LogP contribution is -2.05. The molecule has 1 unspecified atom stereocenters. The normalized spacial score (nSPS) is 12.5. The van der Waals surface area contributed by atoms with E-state index in [-0.39, 0.29) is 11.9 Å². The minimum Gasteiger partial charge on any atom is -0.324 e. The zero-order valence-corrected chi connectivity index (χ0v) is 11.3. The van der Waals surface area contributed by atoms with Crippen LogP contribution in [0.5, 0.6) is 0 Å². The van der Waals surface area contributed by atoms with E-state index in [9.17, 15) is 4.39 Å². The summed E-state index contributed by atoms with van der Waals surface area (Å²) in [5.74, 6) is -0.368. The quantitative estimate of drug-likeness (QED) is 0.840. The van der Waals surface area contributed by atoms with Crippen molar-refractivity contribution >= 4 is 23.2 Å². The van der Waals surface area contributed by atoms with Crippen LogP contribution in [0.1, 0.15) is 18.5 Å². The average molecular weight is 284 g/mol. The van der Waals surface area contributed by atoms with Gasteiger partial charge in [0, 0.05) is 21.7 Å². The van der Waals surface area contributed by atoms with Gasteiger partial charge in [0.1, 0.15) is 5.82 Å². The summed E-state index contributed by atoms with van der Waals surface area (Å²) in [5.41, 5.74) is 7.80. The first kappa shape index (κ1) is 13.3. The highest BCUT2D eigenvalue weighted by Gasteiger charge is 2.10. The third-order valence-electron chi connectivity index (χ3n) is 2.73. The molecule has 94 valence electrons. The van der Waals surface area contributed by atoms with Crippen LogP contribution in [0.2, 0.25) is 10.0 Å². The number of hydrogen-bond donors (Lipinski definition) is 1. The van der Waals surface area contributed by atoms with Crippen LogP contribution in [0.25, 0.3) is 11.1 Å². The molecule has 18 heavy (non-hydrogen) atoms. The summed E-state index contributed by atoms with van der Waals surface area (Å²) in [6, 6.07) is 9.74. The molecule has 0 aliphatic heterocycles. The fraction of sp³-hybridized carbons (Fsp3) is 0.143. The van der Waals surface area contributed by atoms with Crippen LogP contribution < -0.4 is 5.73 Å². The van der Waals surface area contributed by atoms with E-state index in [2.05, 4.69) is 0 Å². The first-order valence-corrected chi connectivity index (χ1v) is 6.25. The third kappa shape index (κ3) is 2.66.